The molecule has 9 heteroatoms. The van der Waals surface area contributed by atoms with Crippen LogP contribution in [-0.4, -0.2) is 44.7 Å². The van der Waals surface area contributed by atoms with Gasteiger partial charge in [-0.05, 0) is 46.9 Å². The predicted molar refractivity (Wildman–Crippen MR) is 123 cm³/mol. The average Bonchev–Trinajstić information content (AvgIpc) is 3.23. The number of tetrazole rings is 1. The molecule has 0 fully saturated rings. The number of hydrogen-bond acceptors (Lipinski definition) is 6. The number of amides is 1. The van der Waals surface area contributed by atoms with E-state index in [0.717, 1.165) is 21.4 Å². The molecule has 2 N–H and O–H groups in total. The van der Waals surface area contributed by atoms with E-state index in [4.69, 9.17) is 4.74 Å². The first-order valence-corrected chi connectivity index (χ1v) is 11.0. The Balaban J connectivity index is 1.66. The summed E-state index contributed by atoms with van der Waals surface area (Å²) in [6.07, 6.45) is 1.08. The molecular weight excluding hydrogens is 422 g/mol. The lowest BCUT2D eigenvalue weighted by Crippen LogP contribution is -2.39. The second-order valence-corrected chi connectivity index (χ2v) is 7.90. The van der Waals surface area contributed by atoms with Gasteiger partial charge in [0.2, 0.25) is 5.91 Å². The lowest BCUT2D eigenvalue weighted by molar-refractivity contribution is -0.148. The van der Waals surface area contributed by atoms with Gasteiger partial charge in [-0.2, -0.15) is 4.68 Å². The van der Waals surface area contributed by atoms with E-state index in [1.165, 1.54) is 0 Å². The molecule has 1 amide bonds. The summed E-state index contributed by atoms with van der Waals surface area (Å²) in [5.74, 6) is -0.880. The third-order valence-electron chi connectivity index (χ3n) is 5.32. The largest absolute Gasteiger partial charge is 0.466 e. The Labute approximate surface area is 192 Å². The maximum Gasteiger partial charge on any atom is 0.361 e. The molecule has 0 spiro atoms. The number of carbonyl (C=O) groups is 2. The molecule has 3 aromatic rings. The van der Waals surface area contributed by atoms with Crippen LogP contribution in [-0.2, 0) is 27.3 Å². The maximum atomic E-state index is 12.6. The number of aromatic nitrogens is 4. The molecule has 0 aliphatic heterocycles. The monoisotopic (exact) mass is 451 g/mol. The Bertz CT molecular complexity index is 1090. The van der Waals surface area contributed by atoms with Crippen molar-refractivity contribution < 1.29 is 14.3 Å². The quantitative estimate of drug-likeness (QED) is 0.432. The van der Waals surface area contributed by atoms with Crippen molar-refractivity contribution >= 4 is 11.9 Å². The summed E-state index contributed by atoms with van der Waals surface area (Å²) in [5.41, 5.74) is 2.82. The Hall–Kier alpha value is -3.75. The highest BCUT2D eigenvalue weighted by atomic mass is 16.5. The first kappa shape index (κ1) is 23.9. The molecule has 0 radical (unpaired) electrons. The third kappa shape index (κ3) is 7.13. The van der Waals surface area contributed by atoms with Crippen molar-refractivity contribution in [1.29, 1.82) is 0 Å². The molecule has 0 saturated heterocycles. The summed E-state index contributed by atoms with van der Waals surface area (Å²) in [6.45, 7) is 4.00. The smallest absolute Gasteiger partial charge is 0.361 e. The number of ether oxygens (including phenoxy) is 1. The van der Waals surface area contributed by atoms with Gasteiger partial charge in [0.05, 0.1) is 19.1 Å². The van der Waals surface area contributed by atoms with Crippen molar-refractivity contribution in [3.05, 3.63) is 70.6 Å². The molecule has 9 nitrogen and oxygen atoms in total. The van der Waals surface area contributed by atoms with E-state index >= 15 is 0 Å². The van der Waals surface area contributed by atoms with Gasteiger partial charge in [0.15, 0.2) is 0 Å². The topological polar surface area (TPSA) is 119 Å². The van der Waals surface area contributed by atoms with Crippen LogP contribution in [0.5, 0.6) is 0 Å². The number of nitrogens with one attached hydrogen (secondary N) is 2. The molecule has 174 valence electrons. The summed E-state index contributed by atoms with van der Waals surface area (Å²) in [7, 11) is 0. The van der Waals surface area contributed by atoms with Gasteiger partial charge in [0.25, 0.3) is 0 Å². The van der Waals surface area contributed by atoms with Crippen LogP contribution in [0.25, 0.3) is 11.1 Å². The number of hydrogen-bond donors (Lipinski definition) is 2. The summed E-state index contributed by atoms with van der Waals surface area (Å²) < 4.78 is 6.22. The van der Waals surface area contributed by atoms with Gasteiger partial charge in [0.1, 0.15) is 0 Å². The summed E-state index contributed by atoms with van der Waals surface area (Å²) in [6, 6.07) is 18.0. The van der Waals surface area contributed by atoms with E-state index in [1.807, 2.05) is 30.3 Å². The molecule has 0 bridgehead atoms. The lowest BCUT2D eigenvalue weighted by Gasteiger charge is -2.22. The van der Waals surface area contributed by atoms with Crippen molar-refractivity contribution in [3.8, 4) is 11.1 Å². The van der Waals surface area contributed by atoms with Crippen LogP contribution in [0.3, 0.4) is 0 Å². The summed E-state index contributed by atoms with van der Waals surface area (Å²) in [4.78, 5) is 36.2. The van der Waals surface area contributed by atoms with Crippen LogP contribution in [0.1, 0.15) is 32.3 Å². The molecule has 3 rings (SSSR count). The third-order valence-corrected chi connectivity index (χ3v) is 5.32. The number of rotatable bonds is 11. The first-order valence-electron chi connectivity index (χ1n) is 11.0. The zero-order valence-electron chi connectivity index (χ0n) is 18.9. The normalized spacial score (nSPS) is 12.7. The molecule has 0 unspecified atom stereocenters. The number of esters is 1. The van der Waals surface area contributed by atoms with E-state index in [0.29, 0.717) is 19.4 Å². The fourth-order valence-corrected chi connectivity index (χ4v) is 3.62. The standard InChI is InChI=1S/C24H29N5O4/c1-3-33-23(31)17(2)15-21(25-22(30)13-14-29-24(32)26-27-28-29)16-18-9-11-20(12-10-18)19-7-5-4-6-8-19/h4-12,17,21H,3,13-16H2,1-2H3,(H,25,30)(H,26,28,32)/t17-,21+/m1/s1. The number of H-pyrrole nitrogens is 1. The minimum absolute atomic E-state index is 0.0731. The molecular formula is C24H29N5O4. The minimum atomic E-state index is -0.464. The number of carbonyl (C=O) groups excluding carboxylic acids is 2. The van der Waals surface area contributed by atoms with Gasteiger partial charge in [-0.15, -0.1) is 0 Å². The zero-order chi connectivity index (χ0) is 23.6. The van der Waals surface area contributed by atoms with E-state index in [2.05, 4.69) is 45.1 Å². The van der Waals surface area contributed by atoms with Crippen LogP contribution < -0.4 is 11.0 Å². The molecule has 33 heavy (non-hydrogen) atoms. The first-order chi connectivity index (χ1) is 16.0. The molecule has 2 atom stereocenters. The van der Waals surface area contributed by atoms with Crippen molar-refractivity contribution in [3.63, 3.8) is 0 Å². The fraction of sp³-hybridized carbons (Fsp3) is 0.375. The SMILES string of the molecule is CCOC(=O)[C@H](C)C[C@@H](Cc1ccc(-c2ccccc2)cc1)NC(=O)CCn1nn[nH]c1=O. The van der Waals surface area contributed by atoms with E-state index < -0.39 is 5.69 Å². The Kier molecular flexibility index (Phi) is 8.51. The average molecular weight is 452 g/mol. The van der Waals surface area contributed by atoms with Gasteiger partial charge < -0.3 is 10.1 Å². The maximum absolute atomic E-state index is 12.6. The predicted octanol–water partition coefficient (Wildman–Crippen LogP) is 2.34. The highest BCUT2D eigenvalue weighted by molar-refractivity contribution is 5.76. The molecule has 0 aliphatic carbocycles. The van der Waals surface area contributed by atoms with Crippen molar-refractivity contribution in [2.24, 2.45) is 5.92 Å². The molecule has 1 heterocycles. The van der Waals surface area contributed by atoms with Crippen LogP contribution >= 0.6 is 0 Å². The zero-order valence-corrected chi connectivity index (χ0v) is 18.9. The lowest BCUT2D eigenvalue weighted by atomic mass is 9.94. The van der Waals surface area contributed by atoms with Crippen molar-refractivity contribution in [1.82, 2.24) is 25.5 Å². The second kappa shape index (κ2) is 11.8. The Morgan fingerprint density at radius 2 is 1.79 bits per heavy atom. The van der Waals surface area contributed by atoms with Gasteiger partial charge in [-0.3, -0.25) is 9.59 Å². The van der Waals surface area contributed by atoms with Crippen molar-refractivity contribution in [2.45, 2.75) is 45.7 Å². The Morgan fingerprint density at radius 1 is 1.09 bits per heavy atom. The number of benzene rings is 2. The highest BCUT2D eigenvalue weighted by Crippen LogP contribution is 2.21. The molecule has 1 aromatic heterocycles. The van der Waals surface area contributed by atoms with Crippen LogP contribution in [0.4, 0.5) is 0 Å². The minimum Gasteiger partial charge on any atom is -0.466 e. The number of nitrogens with zero attached hydrogens (tertiary/aromatic N) is 3. The number of aryl methyl sites for hydroxylation is 1. The van der Waals surface area contributed by atoms with Crippen molar-refractivity contribution in [2.75, 3.05) is 6.61 Å². The van der Waals surface area contributed by atoms with E-state index in [1.54, 1.807) is 13.8 Å². The Morgan fingerprint density at radius 3 is 2.42 bits per heavy atom. The van der Waals surface area contributed by atoms with Gasteiger partial charge in [0, 0.05) is 12.5 Å². The molecule has 0 saturated carbocycles. The van der Waals surface area contributed by atoms with E-state index in [9.17, 15) is 14.4 Å². The summed E-state index contributed by atoms with van der Waals surface area (Å²) in [5, 5.41) is 12.2. The molecule has 0 aliphatic rings. The van der Waals surface area contributed by atoms with Crippen LogP contribution in [0, 0.1) is 5.92 Å². The summed E-state index contributed by atoms with van der Waals surface area (Å²) >= 11 is 0. The van der Waals surface area contributed by atoms with Crippen LogP contribution in [0.2, 0.25) is 0 Å². The van der Waals surface area contributed by atoms with Crippen LogP contribution in [0.15, 0.2) is 59.4 Å². The van der Waals surface area contributed by atoms with E-state index in [-0.39, 0.29) is 36.8 Å². The second-order valence-electron chi connectivity index (χ2n) is 7.90. The van der Waals surface area contributed by atoms with Gasteiger partial charge >= 0.3 is 11.7 Å². The number of aromatic amines is 1. The highest BCUT2D eigenvalue weighted by Gasteiger charge is 2.22. The molecule has 2 aromatic carbocycles. The van der Waals surface area contributed by atoms with Gasteiger partial charge in [-0.1, -0.05) is 61.5 Å². The van der Waals surface area contributed by atoms with Gasteiger partial charge in [-0.25, -0.2) is 9.89 Å². The fourth-order valence-electron chi connectivity index (χ4n) is 3.62.